The molecule has 0 unspecified atom stereocenters. The van der Waals surface area contributed by atoms with Gasteiger partial charge >= 0.3 is 0 Å². The molecule has 0 aliphatic heterocycles. The Morgan fingerprint density at radius 3 is 2.79 bits per heavy atom. The van der Waals surface area contributed by atoms with E-state index in [1.165, 1.54) is 37.0 Å². The highest BCUT2D eigenvalue weighted by atomic mass is 32.1. The van der Waals surface area contributed by atoms with Crippen molar-refractivity contribution in [2.24, 2.45) is 5.92 Å². The van der Waals surface area contributed by atoms with E-state index in [1.807, 2.05) is 30.6 Å². The fraction of sp³-hybridized carbons (Fsp3) is 0.219. The fourth-order valence-corrected chi connectivity index (χ4v) is 6.22. The molecule has 39 heavy (non-hydrogen) atoms. The number of nitrogens with one attached hydrogen (secondary N) is 3. The molecule has 6 nitrogen and oxygen atoms in total. The minimum atomic E-state index is 0.529. The third-order valence-electron chi connectivity index (χ3n) is 7.48. The zero-order chi connectivity index (χ0) is 26.8. The first-order chi connectivity index (χ1) is 19.1. The molecule has 3 N–H and O–H groups in total. The van der Waals surface area contributed by atoms with Crippen LogP contribution >= 0.6 is 11.3 Å². The minimum Gasteiger partial charge on any atom is -0.358 e. The molecule has 0 atom stereocenters. The molecule has 1 aliphatic carbocycles. The monoisotopic (exact) mass is 532 g/mol. The second kappa shape index (κ2) is 10.9. The molecule has 0 spiro atoms. The Hall–Kier alpha value is -4.23. The Bertz CT molecular complexity index is 1660. The maximum Gasteiger partial charge on any atom is 0.135 e. The van der Waals surface area contributed by atoms with Gasteiger partial charge in [-0.3, -0.25) is 10.1 Å². The molecule has 0 saturated heterocycles. The van der Waals surface area contributed by atoms with Gasteiger partial charge in [0.15, 0.2) is 0 Å². The van der Waals surface area contributed by atoms with Gasteiger partial charge in [-0.15, -0.1) is 11.3 Å². The van der Waals surface area contributed by atoms with Crippen LogP contribution in [0.3, 0.4) is 0 Å². The zero-order valence-corrected chi connectivity index (χ0v) is 22.9. The summed E-state index contributed by atoms with van der Waals surface area (Å²) >= 11 is 1.72. The maximum atomic E-state index is 5.03. The van der Waals surface area contributed by atoms with E-state index < -0.39 is 0 Å². The Morgan fingerprint density at radius 1 is 1.13 bits per heavy atom. The highest BCUT2D eigenvalue weighted by Crippen LogP contribution is 2.35. The number of rotatable bonds is 8. The van der Waals surface area contributed by atoms with Crippen LogP contribution in [0.15, 0.2) is 85.2 Å². The third-order valence-corrected chi connectivity index (χ3v) is 8.38. The first kappa shape index (κ1) is 25.1. The number of pyridine rings is 2. The molecule has 7 heteroatoms. The lowest BCUT2D eigenvalue weighted by molar-refractivity contribution is 0.405. The Kier molecular flexibility index (Phi) is 6.99. The highest BCUT2D eigenvalue weighted by Gasteiger charge is 2.19. The summed E-state index contributed by atoms with van der Waals surface area (Å²) in [6.07, 6.45) is 13.9. The molecule has 5 heterocycles. The topological polar surface area (TPSA) is 82.3 Å². The molecule has 5 aromatic rings. The second-order valence-electron chi connectivity index (χ2n) is 10.1. The van der Waals surface area contributed by atoms with Crippen molar-refractivity contribution >= 4 is 33.6 Å². The normalized spacial score (nSPS) is 14.5. The predicted octanol–water partition coefficient (Wildman–Crippen LogP) is 8.51. The van der Waals surface area contributed by atoms with Gasteiger partial charge in [-0.2, -0.15) is 5.10 Å². The first-order valence-electron chi connectivity index (χ1n) is 13.4. The van der Waals surface area contributed by atoms with Gasteiger partial charge in [0.05, 0.1) is 28.8 Å². The van der Waals surface area contributed by atoms with Gasteiger partial charge in [0, 0.05) is 39.2 Å². The summed E-state index contributed by atoms with van der Waals surface area (Å²) in [6.45, 7) is 10.3. The van der Waals surface area contributed by atoms with Crippen molar-refractivity contribution in [1.82, 2.24) is 25.1 Å². The number of anilines is 1. The second-order valence-corrected chi connectivity index (χ2v) is 11.1. The lowest BCUT2D eigenvalue weighted by Gasteiger charge is -2.24. The van der Waals surface area contributed by atoms with E-state index in [2.05, 4.69) is 81.3 Å². The average molecular weight is 533 g/mol. The summed E-state index contributed by atoms with van der Waals surface area (Å²) in [5.41, 5.74) is 10.6. The van der Waals surface area contributed by atoms with Crippen molar-refractivity contribution in [2.75, 3.05) is 5.32 Å². The number of allylic oxidation sites excluding steroid dienone is 3. The molecule has 0 radical (unpaired) electrons. The van der Waals surface area contributed by atoms with Gasteiger partial charge in [0.2, 0.25) is 0 Å². The molecular formula is C32H32N6S. The predicted molar refractivity (Wildman–Crippen MR) is 163 cm³/mol. The quantitative estimate of drug-likeness (QED) is 0.175. The largest absolute Gasteiger partial charge is 0.358 e. The summed E-state index contributed by atoms with van der Waals surface area (Å²) in [5.74, 6) is 0.529. The minimum absolute atomic E-state index is 0.529. The van der Waals surface area contributed by atoms with Crippen molar-refractivity contribution in [3.63, 3.8) is 0 Å². The number of H-pyrrole nitrogens is 2. The third kappa shape index (κ3) is 5.10. The van der Waals surface area contributed by atoms with Gasteiger partial charge in [-0.05, 0) is 61.4 Å². The van der Waals surface area contributed by atoms with Crippen LogP contribution in [-0.2, 0) is 0 Å². The standard InChI is InChI=1S/C32H32N6S/c1-4-9-25(30-12-8-15-39-30)26-17-29(35-21(26)3)32-31-28(37-38-32)14-13-27(36-31)23-16-24(19-33-18-23)34-20(2)22-10-6-5-7-11-22/h4,8-9,12-19,22,34-35H,1-2,5-7,10-11H2,3H3,(H,37,38)/b25-9+. The summed E-state index contributed by atoms with van der Waals surface area (Å²) in [5, 5.41) is 13.4. The lowest BCUT2D eigenvalue weighted by atomic mass is 9.87. The number of aromatic amines is 2. The van der Waals surface area contributed by atoms with Gasteiger partial charge < -0.3 is 10.3 Å². The summed E-state index contributed by atoms with van der Waals surface area (Å²) in [6, 6.07) is 12.5. The summed E-state index contributed by atoms with van der Waals surface area (Å²) in [7, 11) is 0. The molecule has 0 bridgehead atoms. The van der Waals surface area contributed by atoms with E-state index in [9.17, 15) is 0 Å². The van der Waals surface area contributed by atoms with Crippen LogP contribution in [0.25, 0.3) is 39.3 Å². The Labute approximate surface area is 232 Å². The number of hydrogen-bond acceptors (Lipinski definition) is 5. The molecular weight excluding hydrogens is 500 g/mol. The molecule has 0 aromatic carbocycles. The van der Waals surface area contributed by atoms with Gasteiger partial charge in [-0.25, -0.2) is 4.98 Å². The van der Waals surface area contributed by atoms with Gasteiger partial charge in [0.25, 0.3) is 0 Å². The van der Waals surface area contributed by atoms with E-state index >= 15 is 0 Å². The molecule has 5 aromatic heterocycles. The molecule has 1 saturated carbocycles. The summed E-state index contributed by atoms with van der Waals surface area (Å²) < 4.78 is 0. The SMILES string of the molecule is C=C/C=C(/c1cccs1)c1cc(-c2n[nH]c3ccc(-c4cncc(NC(=C)C5CCCCC5)c4)nc23)[nH]c1C. The van der Waals surface area contributed by atoms with Crippen molar-refractivity contribution < 1.29 is 0 Å². The van der Waals surface area contributed by atoms with Crippen LogP contribution in [0.1, 0.15) is 48.2 Å². The van der Waals surface area contributed by atoms with Crippen molar-refractivity contribution in [3.8, 4) is 22.6 Å². The van der Waals surface area contributed by atoms with Crippen LogP contribution < -0.4 is 5.32 Å². The van der Waals surface area contributed by atoms with Gasteiger partial charge in [0.1, 0.15) is 11.2 Å². The smallest absolute Gasteiger partial charge is 0.135 e. The van der Waals surface area contributed by atoms with Crippen LogP contribution in [-0.4, -0.2) is 25.1 Å². The number of aryl methyl sites for hydroxylation is 1. The number of hydrogen-bond donors (Lipinski definition) is 3. The number of thiophene rings is 1. The van der Waals surface area contributed by atoms with Crippen molar-refractivity contribution in [2.45, 2.75) is 39.0 Å². The Morgan fingerprint density at radius 2 is 2.00 bits per heavy atom. The van der Waals surface area contributed by atoms with Crippen LogP contribution in [0, 0.1) is 12.8 Å². The van der Waals surface area contributed by atoms with E-state index in [0.717, 1.165) is 61.9 Å². The zero-order valence-electron chi connectivity index (χ0n) is 22.1. The highest BCUT2D eigenvalue weighted by molar-refractivity contribution is 7.11. The van der Waals surface area contributed by atoms with Crippen LogP contribution in [0.5, 0.6) is 0 Å². The lowest BCUT2D eigenvalue weighted by Crippen LogP contribution is -2.14. The first-order valence-corrected chi connectivity index (χ1v) is 14.3. The van der Waals surface area contributed by atoms with E-state index in [0.29, 0.717) is 5.92 Å². The molecule has 196 valence electrons. The average Bonchev–Trinajstić information content (AvgIpc) is 3.72. The van der Waals surface area contributed by atoms with E-state index in [-0.39, 0.29) is 0 Å². The van der Waals surface area contributed by atoms with Crippen molar-refractivity contribution in [3.05, 3.63) is 101 Å². The molecule has 6 rings (SSSR count). The maximum absolute atomic E-state index is 5.03. The molecule has 0 amide bonds. The van der Waals surface area contributed by atoms with Gasteiger partial charge in [-0.1, -0.05) is 50.6 Å². The molecule has 1 aliphatic rings. The number of fused-ring (bicyclic) bond motifs is 1. The molecule has 1 fully saturated rings. The van der Waals surface area contributed by atoms with E-state index in [4.69, 9.17) is 4.98 Å². The van der Waals surface area contributed by atoms with Crippen molar-refractivity contribution in [1.29, 1.82) is 0 Å². The number of nitrogens with zero attached hydrogens (tertiary/aromatic N) is 3. The van der Waals surface area contributed by atoms with E-state index in [1.54, 1.807) is 11.3 Å². The summed E-state index contributed by atoms with van der Waals surface area (Å²) in [4.78, 5) is 14.3. The fourth-order valence-electron chi connectivity index (χ4n) is 5.45. The number of aromatic nitrogens is 5. The Balaban J connectivity index is 1.32. The van der Waals surface area contributed by atoms with Crippen LogP contribution in [0.2, 0.25) is 0 Å². The van der Waals surface area contributed by atoms with Crippen LogP contribution in [0.4, 0.5) is 5.69 Å².